The van der Waals surface area contributed by atoms with Crippen LogP contribution in [0.15, 0.2) is 53.7 Å². The first-order chi connectivity index (χ1) is 15.2. The summed E-state index contributed by atoms with van der Waals surface area (Å²) in [6, 6.07) is 13.7. The summed E-state index contributed by atoms with van der Waals surface area (Å²) >= 11 is 0. The normalized spacial score (nSPS) is 17.1. The second kappa shape index (κ2) is 9.29. The van der Waals surface area contributed by atoms with Crippen LogP contribution < -0.4 is 16.8 Å². The number of oxime groups is 1. The predicted octanol–water partition coefficient (Wildman–Crippen LogP) is 0.997. The van der Waals surface area contributed by atoms with Crippen molar-refractivity contribution in [2.45, 2.75) is 25.0 Å². The number of nitrogens with one attached hydrogen (secondary N) is 3. The van der Waals surface area contributed by atoms with Gasteiger partial charge in [-0.2, -0.15) is 0 Å². The van der Waals surface area contributed by atoms with Crippen molar-refractivity contribution in [3.8, 4) is 0 Å². The average Bonchev–Trinajstić information content (AvgIpc) is 3.23. The third kappa shape index (κ3) is 4.91. The summed E-state index contributed by atoms with van der Waals surface area (Å²) in [6.45, 7) is 0.179. The third-order valence-corrected chi connectivity index (χ3v) is 5.08. The Morgan fingerprint density at radius 3 is 2.44 bits per heavy atom. The Bertz CT molecular complexity index is 1100. The Morgan fingerprint density at radius 1 is 1.12 bits per heavy atom. The zero-order chi connectivity index (χ0) is 23.3. The summed E-state index contributed by atoms with van der Waals surface area (Å²) in [5.74, 6) is -1.27. The molecule has 0 bridgehead atoms. The number of esters is 1. The fourth-order valence-electron chi connectivity index (χ4n) is 3.25. The van der Waals surface area contributed by atoms with E-state index in [0.717, 1.165) is 5.56 Å². The molecule has 10 heteroatoms. The number of ether oxygens (including phenoxy) is 1. The quantitative estimate of drug-likeness (QED) is 0.234. The molecule has 1 aliphatic heterocycles. The standard InChI is InChI=1S/C22H24N6O4/c1-31-18(29)11-22(21(30)27-12-13-5-7-14(8-6-13)19(23)24)10-17(28-32-22)15-3-2-4-16(9-15)20(25)26/h2-9H,10-12H2,1H3,(H3,23,24)(H3,25,26)(H,27,30). The van der Waals surface area contributed by atoms with E-state index in [2.05, 4.69) is 10.5 Å². The predicted molar refractivity (Wildman–Crippen MR) is 118 cm³/mol. The van der Waals surface area contributed by atoms with E-state index in [0.29, 0.717) is 22.4 Å². The second-order valence-electron chi connectivity index (χ2n) is 7.34. The van der Waals surface area contributed by atoms with Gasteiger partial charge in [-0.05, 0) is 11.6 Å². The van der Waals surface area contributed by atoms with Gasteiger partial charge < -0.3 is 26.4 Å². The van der Waals surface area contributed by atoms with Gasteiger partial charge in [-0.15, -0.1) is 0 Å². The maximum absolute atomic E-state index is 13.1. The van der Waals surface area contributed by atoms with Crippen molar-refractivity contribution in [3.63, 3.8) is 0 Å². The molecule has 1 aliphatic rings. The first-order valence-corrected chi connectivity index (χ1v) is 9.72. The molecule has 2 aromatic carbocycles. The van der Waals surface area contributed by atoms with E-state index in [9.17, 15) is 9.59 Å². The Labute approximate surface area is 184 Å². The summed E-state index contributed by atoms with van der Waals surface area (Å²) < 4.78 is 4.75. The number of rotatable bonds is 8. The molecule has 3 rings (SSSR count). The zero-order valence-electron chi connectivity index (χ0n) is 17.5. The van der Waals surface area contributed by atoms with Gasteiger partial charge in [-0.3, -0.25) is 20.4 Å². The summed E-state index contributed by atoms with van der Waals surface area (Å²) in [7, 11) is 1.23. The molecule has 0 aromatic heterocycles. The minimum Gasteiger partial charge on any atom is -0.469 e. The van der Waals surface area contributed by atoms with Gasteiger partial charge in [-0.1, -0.05) is 47.6 Å². The largest absolute Gasteiger partial charge is 0.469 e. The number of amides is 1. The van der Waals surface area contributed by atoms with Crippen LogP contribution in [0.2, 0.25) is 0 Å². The SMILES string of the molecule is COC(=O)CC1(C(=O)NCc2ccc(C(=N)N)cc2)CC(c2cccc(C(=N)N)c2)=NO1. The van der Waals surface area contributed by atoms with Crippen molar-refractivity contribution < 1.29 is 19.2 Å². The highest BCUT2D eigenvalue weighted by atomic mass is 16.7. The summed E-state index contributed by atoms with van der Waals surface area (Å²) in [4.78, 5) is 30.7. The molecule has 1 amide bonds. The molecule has 0 saturated heterocycles. The van der Waals surface area contributed by atoms with E-state index in [1.165, 1.54) is 7.11 Å². The van der Waals surface area contributed by atoms with Gasteiger partial charge in [0.05, 0.1) is 19.2 Å². The van der Waals surface area contributed by atoms with Crippen molar-refractivity contribution in [1.82, 2.24) is 5.32 Å². The molecule has 166 valence electrons. The summed E-state index contributed by atoms with van der Waals surface area (Å²) in [5, 5.41) is 21.9. The maximum Gasteiger partial charge on any atom is 0.310 e. The lowest BCUT2D eigenvalue weighted by Crippen LogP contribution is -2.48. The van der Waals surface area contributed by atoms with Gasteiger partial charge in [0.25, 0.3) is 5.91 Å². The van der Waals surface area contributed by atoms with Gasteiger partial charge in [0.2, 0.25) is 5.60 Å². The van der Waals surface area contributed by atoms with Crippen molar-refractivity contribution in [3.05, 3.63) is 70.8 Å². The number of hydrogen-bond donors (Lipinski definition) is 5. The number of carbonyl (C=O) groups excluding carboxylic acids is 2. The van der Waals surface area contributed by atoms with Crippen molar-refractivity contribution in [1.29, 1.82) is 10.8 Å². The Balaban J connectivity index is 1.76. The number of carbonyl (C=O) groups is 2. The summed E-state index contributed by atoms with van der Waals surface area (Å²) in [6.07, 6.45) is -0.281. The van der Waals surface area contributed by atoms with E-state index >= 15 is 0 Å². The first-order valence-electron chi connectivity index (χ1n) is 9.72. The van der Waals surface area contributed by atoms with Crippen LogP contribution in [0.5, 0.6) is 0 Å². The van der Waals surface area contributed by atoms with E-state index in [4.69, 9.17) is 31.9 Å². The molecule has 0 radical (unpaired) electrons. The Kier molecular flexibility index (Phi) is 6.53. The van der Waals surface area contributed by atoms with Crippen LogP contribution in [0.4, 0.5) is 0 Å². The van der Waals surface area contributed by atoms with Crippen LogP contribution in [-0.2, 0) is 25.7 Å². The molecule has 0 spiro atoms. The number of nitrogen functional groups attached to an aromatic ring is 2. The molecular formula is C22H24N6O4. The van der Waals surface area contributed by atoms with Gasteiger partial charge >= 0.3 is 5.97 Å². The number of amidine groups is 2. The minimum atomic E-state index is -1.56. The Hall–Kier alpha value is -4.21. The van der Waals surface area contributed by atoms with E-state index in [1.54, 1.807) is 48.5 Å². The van der Waals surface area contributed by atoms with E-state index < -0.39 is 17.5 Å². The molecule has 2 aromatic rings. The maximum atomic E-state index is 13.1. The minimum absolute atomic E-state index is 0.0402. The average molecular weight is 436 g/mol. The molecule has 1 unspecified atom stereocenters. The van der Waals surface area contributed by atoms with Crippen LogP contribution in [-0.4, -0.2) is 42.0 Å². The molecule has 0 aliphatic carbocycles. The van der Waals surface area contributed by atoms with Crippen LogP contribution in [0.3, 0.4) is 0 Å². The zero-order valence-corrected chi connectivity index (χ0v) is 17.5. The first kappa shape index (κ1) is 22.5. The number of benzene rings is 2. The fraction of sp³-hybridized carbons (Fsp3) is 0.227. The van der Waals surface area contributed by atoms with Crippen LogP contribution in [0, 0.1) is 10.8 Å². The number of methoxy groups -OCH3 is 1. The molecule has 10 nitrogen and oxygen atoms in total. The smallest absolute Gasteiger partial charge is 0.310 e. The summed E-state index contributed by atoms with van der Waals surface area (Å²) in [5.41, 5.74) is 12.4. The topological polar surface area (TPSA) is 177 Å². The third-order valence-electron chi connectivity index (χ3n) is 5.08. The highest BCUT2D eigenvalue weighted by Crippen LogP contribution is 2.31. The van der Waals surface area contributed by atoms with Crippen molar-refractivity contribution in [2.75, 3.05) is 7.11 Å². The van der Waals surface area contributed by atoms with Gasteiger partial charge in [-0.25, -0.2) is 0 Å². The number of nitrogens with zero attached hydrogens (tertiary/aromatic N) is 1. The lowest BCUT2D eigenvalue weighted by molar-refractivity contribution is -0.158. The highest BCUT2D eigenvalue weighted by Gasteiger charge is 2.49. The van der Waals surface area contributed by atoms with E-state index in [1.807, 2.05) is 0 Å². The van der Waals surface area contributed by atoms with E-state index in [-0.39, 0.29) is 31.1 Å². The van der Waals surface area contributed by atoms with Crippen LogP contribution in [0.25, 0.3) is 0 Å². The second-order valence-corrected chi connectivity index (χ2v) is 7.34. The molecule has 0 saturated carbocycles. The van der Waals surface area contributed by atoms with Gasteiger partial charge in [0.1, 0.15) is 11.7 Å². The van der Waals surface area contributed by atoms with Gasteiger partial charge in [0, 0.05) is 29.7 Å². The van der Waals surface area contributed by atoms with Crippen molar-refractivity contribution in [2.24, 2.45) is 16.6 Å². The monoisotopic (exact) mass is 436 g/mol. The molecule has 0 fully saturated rings. The van der Waals surface area contributed by atoms with Gasteiger partial charge in [0.15, 0.2) is 0 Å². The number of hydrogen-bond acceptors (Lipinski definition) is 7. The van der Waals surface area contributed by atoms with Crippen LogP contribution >= 0.6 is 0 Å². The lowest BCUT2D eigenvalue weighted by Gasteiger charge is -2.24. The fourth-order valence-corrected chi connectivity index (χ4v) is 3.25. The van der Waals surface area contributed by atoms with Crippen molar-refractivity contribution >= 4 is 29.3 Å². The highest BCUT2D eigenvalue weighted by molar-refractivity contribution is 6.08. The Morgan fingerprint density at radius 2 is 1.81 bits per heavy atom. The molecule has 1 heterocycles. The number of nitrogens with two attached hydrogens (primary N) is 2. The van der Waals surface area contributed by atoms with Crippen LogP contribution in [0.1, 0.15) is 35.1 Å². The molecular weight excluding hydrogens is 412 g/mol. The lowest BCUT2D eigenvalue weighted by atomic mass is 9.89. The molecule has 32 heavy (non-hydrogen) atoms. The molecule has 1 atom stereocenters. The molecule has 7 N–H and O–H groups in total.